The monoisotopic (exact) mass is 232 g/mol. The van der Waals surface area contributed by atoms with Crippen LogP contribution in [-0.4, -0.2) is 9.55 Å². The van der Waals surface area contributed by atoms with E-state index in [1.165, 1.54) is 23.4 Å². The maximum absolute atomic E-state index is 6.19. The highest BCUT2D eigenvalue weighted by molar-refractivity contribution is 6.28. The van der Waals surface area contributed by atoms with Gasteiger partial charge in [0.05, 0.1) is 5.69 Å². The minimum atomic E-state index is 0.591. The Labute approximate surface area is 99.9 Å². The van der Waals surface area contributed by atoms with Crippen LogP contribution in [0.25, 0.3) is 5.69 Å². The van der Waals surface area contributed by atoms with Crippen molar-refractivity contribution in [1.82, 2.24) is 9.55 Å². The normalized spacial score (nSPS) is 14.1. The summed E-state index contributed by atoms with van der Waals surface area (Å²) >= 11 is 6.19. The third-order valence-electron chi connectivity index (χ3n) is 3.13. The average Bonchev–Trinajstić information content (AvgIpc) is 2.79. The van der Waals surface area contributed by atoms with Crippen molar-refractivity contribution in [3.8, 4) is 5.69 Å². The highest BCUT2D eigenvalue weighted by Gasteiger charge is 2.21. The minimum absolute atomic E-state index is 0.591. The zero-order chi connectivity index (χ0) is 11.1. The van der Waals surface area contributed by atoms with E-state index in [0.717, 1.165) is 18.5 Å². The first-order chi connectivity index (χ1) is 7.75. The van der Waals surface area contributed by atoms with E-state index in [1.54, 1.807) is 0 Å². The van der Waals surface area contributed by atoms with Gasteiger partial charge in [-0.3, -0.25) is 4.57 Å². The van der Waals surface area contributed by atoms with E-state index in [0.29, 0.717) is 5.28 Å². The summed E-state index contributed by atoms with van der Waals surface area (Å²) in [6, 6.07) is 8.41. The molecule has 16 heavy (non-hydrogen) atoms. The Kier molecular flexibility index (Phi) is 2.25. The summed E-state index contributed by atoms with van der Waals surface area (Å²) in [5.41, 5.74) is 4.84. The first-order valence-electron chi connectivity index (χ1n) is 5.59. The quantitative estimate of drug-likeness (QED) is 0.738. The van der Waals surface area contributed by atoms with Crippen LogP contribution in [0.2, 0.25) is 5.28 Å². The van der Waals surface area contributed by atoms with E-state index in [1.807, 2.05) is 0 Å². The van der Waals surface area contributed by atoms with E-state index >= 15 is 0 Å². The van der Waals surface area contributed by atoms with Gasteiger partial charge in [-0.2, -0.15) is 0 Å². The number of aromatic nitrogens is 2. The zero-order valence-electron chi connectivity index (χ0n) is 9.20. The lowest BCUT2D eigenvalue weighted by atomic mass is 10.2. The number of halogens is 1. The fraction of sp³-hybridized carbons (Fsp3) is 0.308. The fourth-order valence-electron chi connectivity index (χ4n) is 2.30. The Balaban J connectivity index is 2.16. The second-order valence-corrected chi connectivity index (χ2v) is 4.64. The van der Waals surface area contributed by atoms with Gasteiger partial charge < -0.3 is 0 Å². The summed E-state index contributed by atoms with van der Waals surface area (Å²) in [4.78, 5) is 4.42. The van der Waals surface area contributed by atoms with E-state index < -0.39 is 0 Å². The smallest absolute Gasteiger partial charge is 0.207 e. The average molecular weight is 233 g/mol. The molecule has 1 aromatic heterocycles. The van der Waals surface area contributed by atoms with Gasteiger partial charge in [0.1, 0.15) is 0 Å². The molecule has 2 aromatic rings. The number of imidazole rings is 1. The lowest BCUT2D eigenvalue weighted by Crippen LogP contribution is -1.98. The van der Waals surface area contributed by atoms with Crippen LogP contribution in [0, 0.1) is 6.92 Å². The van der Waals surface area contributed by atoms with Crippen LogP contribution < -0.4 is 0 Å². The van der Waals surface area contributed by atoms with Crippen LogP contribution in [0.3, 0.4) is 0 Å². The van der Waals surface area contributed by atoms with E-state index in [-0.39, 0.29) is 0 Å². The molecular formula is C13H13ClN2. The van der Waals surface area contributed by atoms with Gasteiger partial charge in [0.15, 0.2) is 0 Å². The third-order valence-corrected chi connectivity index (χ3v) is 3.39. The van der Waals surface area contributed by atoms with Crippen LogP contribution >= 0.6 is 11.6 Å². The Morgan fingerprint density at radius 3 is 2.69 bits per heavy atom. The molecule has 2 nitrogen and oxygen atoms in total. The second kappa shape index (κ2) is 3.63. The first kappa shape index (κ1) is 9.91. The molecule has 1 aliphatic carbocycles. The van der Waals surface area contributed by atoms with Crippen LogP contribution in [-0.2, 0) is 12.8 Å². The van der Waals surface area contributed by atoms with Crippen LogP contribution in [0.5, 0.6) is 0 Å². The number of nitrogens with zero attached hydrogens (tertiary/aromatic N) is 2. The van der Waals surface area contributed by atoms with Crippen molar-refractivity contribution in [3.05, 3.63) is 46.5 Å². The molecule has 0 atom stereocenters. The van der Waals surface area contributed by atoms with E-state index in [9.17, 15) is 0 Å². The molecule has 1 aromatic carbocycles. The maximum atomic E-state index is 6.19. The Bertz CT molecular complexity index is 526. The summed E-state index contributed by atoms with van der Waals surface area (Å²) in [7, 11) is 0. The topological polar surface area (TPSA) is 17.8 Å². The van der Waals surface area contributed by atoms with Gasteiger partial charge in [-0.1, -0.05) is 17.7 Å². The lowest BCUT2D eigenvalue weighted by Gasteiger charge is -2.07. The second-order valence-electron chi connectivity index (χ2n) is 4.30. The zero-order valence-corrected chi connectivity index (χ0v) is 9.96. The van der Waals surface area contributed by atoms with Crippen molar-refractivity contribution in [2.45, 2.75) is 26.2 Å². The molecule has 82 valence electrons. The van der Waals surface area contributed by atoms with Crippen molar-refractivity contribution >= 4 is 11.6 Å². The van der Waals surface area contributed by atoms with E-state index in [4.69, 9.17) is 11.6 Å². The van der Waals surface area contributed by atoms with E-state index in [2.05, 4.69) is 40.7 Å². The number of fused-ring (bicyclic) bond motifs is 1. The predicted molar refractivity (Wildman–Crippen MR) is 65.3 cm³/mol. The standard InChI is InChI=1S/C13H13ClN2/c1-9-5-7-10(8-6-9)16-12-4-2-3-11(12)15-13(16)14/h5-8H,2-4H2,1H3. The number of aryl methyl sites for hydroxylation is 2. The molecule has 0 amide bonds. The largest absolute Gasteiger partial charge is 0.287 e. The van der Waals surface area contributed by atoms with Crippen molar-refractivity contribution in [2.24, 2.45) is 0 Å². The van der Waals surface area contributed by atoms with Gasteiger partial charge >= 0.3 is 0 Å². The number of benzene rings is 1. The Morgan fingerprint density at radius 1 is 1.19 bits per heavy atom. The summed E-state index contributed by atoms with van der Waals surface area (Å²) in [5.74, 6) is 0. The summed E-state index contributed by atoms with van der Waals surface area (Å²) < 4.78 is 2.07. The molecule has 3 rings (SSSR count). The molecule has 3 heteroatoms. The van der Waals surface area contributed by atoms with Gasteiger partial charge in [0.2, 0.25) is 5.28 Å². The highest BCUT2D eigenvalue weighted by Crippen LogP contribution is 2.28. The van der Waals surface area contributed by atoms with Gasteiger partial charge in [-0.05, 0) is 49.9 Å². The van der Waals surface area contributed by atoms with Gasteiger partial charge in [-0.25, -0.2) is 4.98 Å². The van der Waals surface area contributed by atoms with Crippen molar-refractivity contribution < 1.29 is 0 Å². The van der Waals surface area contributed by atoms with Gasteiger partial charge in [0, 0.05) is 11.4 Å². The molecule has 0 spiro atoms. The molecule has 0 saturated heterocycles. The van der Waals surface area contributed by atoms with Crippen LogP contribution in [0.4, 0.5) is 0 Å². The SMILES string of the molecule is Cc1ccc(-n2c(Cl)nc3c2CCC3)cc1. The minimum Gasteiger partial charge on any atom is -0.287 e. The Hall–Kier alpha value is -1.28. The first-order valence-corrected chi connectivity index (χ1v) is 5.96. The molecule has 0 bridgehead atoms. The van der Waals surface area contributed by atoms with Crippen molar-refractivity contribution in [3.63, 3.8) is 0 Å². The Morgan fingerprint density at radius 2 is 1.94 bits per heavy atom. The van der Waals surface area contributed by atoms with Gasteiger partial charge in [0.25, 0.3) is 0 Å². The summed E-state index contributed by atoms with van der Waals surface area (Å²) in [6.45, 7) is 2.09. The van der Waals surface area contributed by atoms with Crippen molar-refractivity contribution in [1.29, 1.82) is 0 Å². The van der Waals surface area contributed by atoms with Crippen molar-refractivity contribution in [2.75, 3.05) is 0 Å². The number of hydrogen-bond acceptors (Lipinski definition) is 1. The summed E-state index contributed by atoms with van der Waals surface area (Å²) in [6.07, 6.45) is 3.34. The van der Waals surface area contributed by atoms with Crippen LogP contribution in [0.15, 0.2) is 24.3 Å². The molecule has 0 saturated carbocycles. The molecular weight excluding hydrogens is 220 g/mol. The highest BCUT2D eigenvalue weighted by atomic mass is 35.5. The number of hydrogen-bond donors (Lipinski definition) is 0. The fourth-order valence-corrected chi connectivity index (χ4v) is 2.60. The molecule has 0 aliphatic heterocycles. The maximum Gasteiger partial charge on any atom is 0.207 e. The molecule has 1 heterocycles. The molecule has 0 radical (unpaired) electrons. The molecule has 0 N–H and O–H groups in total. The molecule has 1 aliphatic rings. The summed E-state index contributed by atoms with van der Waals surface area (Å²) in [5, 5.41) is 0.591. The lowest BCUT2D eigenvalue weighted by molar-refractivity contribution is 0.845. The molecule has 0 unspecified atom stereocenters. The third kappa shape index (κ3) is 1.45. The number of rotatable bonds is 1. The predicted octanol–water partition coefficient (Wildman–Crippen LogP) is 3.32. The van der Waals surface area contributed by atoms with Crippen LogP contribution in [0.1, 0.15) is 23.4 Å². The molecule has 0 fully saturated rings. The van der Waals surface area contributed by atoms with Gasteiger partial charge in [-0.15, -0.1) is 0 Å².